The molecule has 1 aliphatic rings. The van der Waals surface area contributed by atoms with Gasteiger partial charge in [-0.2, -0.15) is 0 Å². The zero-order valence-electron chi connectivity index (χ0n) is 10.2. The molecule has 3 rings (SSSR count). The van der Waals surface area contributed by atoms with Gasteiger partial charge in [-0.3, -0.25) is 0 Å². The van der Waals surface area contributed by atoms with Gasteiger partial charge in [-0.1, -0.05) is 12.1 Å². The van der Waals surface area contributed by atoms with E-state index in [9.17, 15) is 0 Å². The number of anilines is 1. The maximum absolute atomic E-state index is 5.90. The predicted octanol–water partition coefficient (Wildman–Crippen LogP) is 2.67. The first-order valence-corrected chi connectivity index (χ1v) is 6.28. The molecule has 0 atom stereocenters. The molecule has 1 saturated carbocycles. The lowest BCUT2D eigenvalue weighted by atomic mass is 9.92. The Kier molecular flexibility index (Phi) is 4.09. The molecule has 1 aromatic heterocycles. The van der Waals surface area contributed by atoms with E-state index >= 15 is 0 Å². The maximum Gasteiger partial charge on any atom is 0.201 e. The molecule has 0 saturated heterocycles. The van der Waals surface area contributed by atoms with Crippen LogP contribution in [-0.2, 0) is 0 Å². The number of imidazole rings is 1. The van der Waals surface area contributed by atoms with Crippen molar-refractivity contribution in [3.63, 3.8) is 0 Å². The van der Waals surface area contributed by atoms with Gasteiger partial charge in [0, 0.05) is 12.1 Å². The van der Waals surface area contributed by atoms with E-state index in [1.165, 1.54) is 0 Å². The number of nitrogens with one attached hydrogen (secondary N) is 2. The van der Waals surface area contributed by atoms with Crippen LogP contribution in [0.25, 0.3) is 11.0 Å². The lowest BCUT2D eigenvalue weighted by Crippen LogP contribution is -2.33. The van der Waals surface area contributed by atoms with Gasteiger partial charge in [-0.15, -0.1) is 12.4 Å². The summed E-state index contributed by atoms with van der Waals surface area (Å²) in [6.07, 6.45) is 4.49. The molecule has 4 N–H and O–H groups in total. The van der Waals surface area contributed by atoms with E-state index in [0.717, 1.165) is 42.7 Å². The van der Waals surface area contributed by atoms with Crippen molar-refractivity contribution in [3.05, 3.63) is 24.3 Å². The molecule has 0 bridgehead atoms. The summed E-state index contributed by atoms with van der Waals surface area (Å²) in [6, 6.07) is 8.99. The van der Waals surface area contributed by atoms with Crippen molar-refractivity contribution >= 4 is 29.4 Å². The largest absolute Gasteiger partial charge is 0.353 e. The Morgan fingerprint density at radius 3 is 2.61 bits per heavy atom. The molecule has 0 amide bonds. The highest BCUT2D eigenvalue weighted by Gasteiger charge is 2.18. The van der Waals surface area contributed by atoms with Crippen molar-refractivity contribution in [3.8, 4) is 0 Å². The van der Waals surface area contributed by atoms with E-state index in [0.29, 0.717) is 12.1 Å². The Bertz CT molecular complexity index is 469. The van der Waals surface area contributed by atoms with Gasteiger partial charge in [-0.25, -0.2) is 4.98 Å². The summed E-state index contributed by atoms with van der Waals surface area (Å²) in [5.41, 5.74) is 8.00. The fraction of sp³-hybridized carbons (Fsp3) is 0.462. The van der Waals surface area contributed by atoms with E-state index in [-0.39, 0.29) is 12.4 Å². The summed E-state index contributed by atoms with van der Waals surface area (Å²) in [5.74, 6) is 0.881. The lowest BCUT2D eigenvalue weighted by molar-refractivity contribution is 0.410. The number of aromatic nitrogens is 2. The van der Waals surface area contributed by atoms with Crippen LogP contribution in [0, 0.1) is 0 Å². The molecule has 1 heterocycles. The monoisotopic (exact) mass is 266 g/mol. The molecule has 1 aliphatic carbocycles. The summed E-state index contributed by atoms with van der Waals surface area (Å²) in [6.45, 7) is 0. The molecular formula is C13H19ClN4. The molecule has 4 nitrogen and oxygen atoms in total. The summed E-state index contributed by atoms with van der Waals surface area (Å²) >= 11 is 0. The van der Waals surface area contributed by atoms with Crippen molar-refractivity contribution in [2.45, 2.75) is 37.8 Å². The van der Waals surface area contributed by atoms with E-state index in [2.05, 4.69) is 15.3 Å². The van der Waals surface area contributed by atoms with E-state index in [4.69, 9.17) is 5.73 Å². The van der Waals surface area contributed by atoms with Crippen LogP contribution < -0.4 is 11.1 Å². The van der Waals surface area contributed by atoms with Crippen LogP contribution in [0.1, 0.15) is 25.7 Å². The van der Waals surface area contributed by atoms with Crippen LogP contribution in [0.3, 0.4) is 0 Å². The van der Waals surface area contributed by atoms with E-state index in [1.807, 2.05) is 24.3 Å². The number of aromatic amines is 1. The Labute approximate surface area is 113 Å². The Morgan fingerprint density at radius 2 is 1.89 bits per heavy atom. The molecular weight excluding hydrogens is 248 g/mol. The Balaban J connectivity index is 0.00000120. The molecule has 5 heteroatoms. The van der Waals surface area contributed by atoms with Crippen molar-refractivity contribution in [1.29, 1.82) is 0 Å². The highest BCUT2D eigenvalue weighted by atomic mass is 35.5. The summed E-state index contributed by atoms with van der Waals surface area (Å²) in [5, 5.41) is 3.47. The van der Waals surface area contributed by atoms with Gasteiger partial charge in [0.15, 0.2) is 0 Å². The highest BCUT2D eigenvalue weighted by molar-refractivity contribution is 5.85. The Hall–Kier alpha value is -1.26. The average molecular weight is 267 g/mol. The fourth-order valence-electron chi connectivity index (χ4n) is 2.48. The standard InChI is InChI=1S/C13H18N4.ClH/c14-9-5-7-10(8-6-9)15-13-16-11-3-1-2-4-12(11)17-13;/h1-4,9-10H,5-8,14H2,(H2,15,16,17);1H. The van der Waals surface area contributed by atoms with Gasteiger partial charge in [0.25, 0.3) is 0 Å². The summed E-state index contributed by atoms with van der Waals surface area (Å²) in [4.78, 5) is 7.83. The minimum Gasteiger partial charge on any atom is -0.353 e. The third-order valence-electron chi connectivity index (χ3n) is 3.50. The van der Waals surface area contributed by atoms with Crippen LogP contribution in [0.5, 0.6) is 0 Å². The number of H-pyrrole nitrogens is 1. The first kappa shape index (κ1) is 13.2. The maximum atomic E-state index is 5.90. The van der Waals surface area contributed by atoms with Crippen LogP contribution >= 0.6 is 12.4 Å². The zero-order chi connectivity index (χ0) is 11.7. The zero-order valence-corrected chi connectivity index (χ0v) is 11.0. The number of rotatable bonds is 2. The number of nitrogens with two attached hydrogens (primary N) is 1. The molecule has 1 fully saturated rings. The van der Waals surface area contributed by atoms with Crippen molar-refractivity contribution in [2.24, 2.45) is 5.73 Å². The molecule has 0 unspecified atom stereocenters. The van der Waals surface area contributed by atoms with Gasteiger partial charge in [0.05, 0.1) is 11.0 Å². The number of hydrogen-bond donors (Lipinski definition) is 3. The molecule has 0 aliphatic heterocycles. The topological polar surface area (TPSA) is 66.7 Å². The Morgan fingerprint density at radius 1 is 1.17 bits per heavy atom. The minimum atomic E-state index is 0. The summed E-state index contributed by atoms with van der Waals surface area (Å²) < 4.78 is 0. The van der Waals surface area contributed by atoms with Gasteiger partial charge < -0.3 is 16.0 Å². The van der Waals surface area contributed by atoms with Gasteiger partial charge >= 0.3 is 0 Å². The highest BCUT2D eigenvalue weighted by Crippen LogP contribution is 2.21. The minimum absolute atomic E-state index is 0. The second-order valence-electron chi connectivity index (χ2n) is 4.86. The van der Waals surface area contributed by atoms with E-state index < -0.39 is 0 Å². The quantitative estimate of drug-likeness (QED) is 0.783. The van der Waals surface area contributed by atoms with Gasteiger partial charge in [0.1, 0.15) is 0 Å². The van der Waals surface area contributed by atoms with E-state index in [1.54, 1.807) is 0 Å². The first-order chi connectivity index (χ1) is 8.31. The lowest BCUT2D eigenvalue weighted by Gasteiger charge is -2.26. The number of hydrogen-bond acceptors (Lipinski definition) is 3. The fourth-order valence-corrected chi connectivity index (χ4v) is 2.48. The average Bonchev–Trinajstić information content (AvgIpc) is 2.74. The third kappa shape index (κ3) is 2.76. The number of fused-ring (bicyclic) bond motifs is 1. The van der Waals surface area contributed by atoms with Crippen molar-refractivity contribution in [2.75, 3.05) is 5.32 Å². The van der Waals surface area contributed by atoms with Crippen LogP contribution in [0.15, 0.2) is 24.3 Å². The predicted molar refractivity (Wildman–Crippen MR) is 77.2 cm³/mol. The summed E-state index contributed by atoms with van der Waals surface area (Å²) in [7, 11) is 0. The number of halogens is 1. The number of para-hydroxylation sites is 2. The van der Waals surface area contributed by atoms with Gasteiger partial charge in [-0.05, 0) is 37.8 Å². The first-order valence-electron chi connectivity index (χ1n) is 6.28. The van der Waals surface area contributed by atoms with Crippen molar-refractivity contribution < 1.29 is 0 Å². The molecule has 1 aromatic carbocycles. The number of nitrogens with zero attached hydrogens (tertiary/aromatic N) is 1. The molecule has 2 aromatic rings. The molecule has 98 valence electrons. The second kappa shape index (κ2) is 5.59. The normalized spacial score (nSPS) is 23.6. The third-order valence-corrected chi connectivity index (χ3v) is 3.50. The molecule has 0 radical (unpaired) electrons. The second-order valence-corrected chi connectivity index (χ2v) is 4.86. The molecule has 18 heavy (non-hydrogen) atoms. The van der Waals surface area contributed by atoms with Crippen molar-refractivity contribution in [1.82, 2.24) is 9.97 Å². The smallest absolute Gasteiger partial charge is 0.201 e. The van der Waals surface area contributed by atoms with Crippen LogP contribution in [0.2, 0.25) is 0 Å². The van der Waals surface area contributed by atoms with Gasteiger partial charge in [0.2, 0.25) is 5.95 Å². The SMILES string of the molecule is Cl.NC1CCC(Nc2nc3ccccc3[nH]2)CC1. The van der Waals surface area contributed by atoms with Crippen LogP contribution in [-0.4, -0.2) is 22.1 Å². The number of benzene rings is 1. The van der Waals surface area contributed by atoms with Crippen LogP contribution in [0.4, 0.5) is 5.95 Å². The molecule has 0 spiro atoms.